The Bertz CT molecular complexity index is 496. The first-order valence-corrected chi connectivity index (χ1v) is 6.42. The van der Waals surface area contributed by atoms with Crippen LogP contribution in [0.3, 0.4) is 0 Å². The lowest BCUT2D eigenvalue weighted by molar-refractivity contribution is 0.634. The molecule has 2 rings (SSSR count). The van der Waals surface area contributed by atoms with Gasteiger partial charge in [-0.3, -0.25) is 10.8 Å². The maximum absolute atomic E-state index is 5.64. The molecule has 17 heavy (non-hydrogen) atoms. The van der Waals surface area contributed by atoms with E-state index in [0.717, 1.165) is 16.8 Å². The second-order valence-electron chi connectivity index (χ2n) is 3.89. The van der Waals surface area contributed by atoms with E-state index in [1.165, 1.54) is 3.57 Å². The Labute approximate surface area is 115 Å². The van der Waals surface area contributed by atoms with Crippen molar-refractivity contribution in [2.45, 2.75) is 13.0 Å². The van der Waals surface area contributed by atoms with Crippen LogP contribution in [-0.2, 0) is 0 Å². The molecule has 0 fully saturated rings. The van der Waals surface area contributed by atoms with E-state index in [-0.39, 0.29) is 6.04 Å². The normalized spacial score (nSPS) is 12.4. The van der Waals surface area contributed by atoms with Crippen LogP contribution in [0.25, 0.3) is 0 Å². The van der Waals surface area contributed by atoms with Crippen molar-refractivity contribution < 1.29 is 0 Å². The van der Waals surface area contributed by atoms with Crippen LogP contribution in [-0.4, -0.2) is 4.98 Å². The minimum atomic E-state index is -0.0159. The standard InChI is InChI=1S/C13H14IN3/c1-9-5-6-11(8-16-9)13(17-15)10-3-2-4-12(14)7-10/h2-8,13,17H,15H2,1H3. The molecule has 0 saturated heterocycles. The maximum atomic E-state index is 5.64. The monoisotopic (exact) mass is 339 g/mol. The number of nitrogens with zero attached hydrogens (tertiary/aromatic N) is 1. The lowest BCUT2D eigenvalue weighted by Gasteiger charge is -2.16. The van der Waals surface area contributed by atoms with Crippen molar-refractivity contribution in [1.29, 1.82) is 0 Å². The molecule has 1 aromatic carbocycles. The molecule has 2 aromatic rings. The highest BCUT2D eigenvalue weighted by molar-refractivity contribution is 14.1. The summed E-state index contributed by atoms with van der Waals surface area (Å²) < 4.78 is 1.19. The van der Waals surface area contributed by atoms with Gasteiger partial charge in [0.2, 0.25) is 0 Å². The molecule has 0 amide bonds. The van der Waals surface area contributed by atoms with Crippen molar-refractivity contribution in [3.05, 3.63) is 63.0 Å². The zero-order valence-electron chi connectivity index (χ0n) is 9.52. The molecular weight excluding hydrogens is 325 g/mol. The van der Waals surface area contributed by atoms with E-state index in [1.807, 2.05) is 31.3 Å². The molecular formula is C13H14IN3. The SMILES string of the molecule is Cc1ccc(C(NN)c2cccc(I)c2)cn1. The van der Waals surface area contributed by atoms with Gasteiger partial charge in [-0.05, 0) is 58.8 Å². The minimum absolute atomic E-state index is 0.0159. The summed E-state index contributed by atoms with van der Waals surface area (Å²) in [6.07, 6.45) is 1.86. The van der Waals surface area contributed by atoms with E-state index in [9.17, 15) is 0 Å². The third-order valence-corrected chi connectivity index (χ3v) is 3.29. The van der Waals surface area contributed by atoms with Crippen molar-refractivity contribution in [1.82, 2.24) is 10.4 Å². The molecule has 3 N–H and O–H groups in total. The molecule has 88 valence electrons. The molecule has 1 aromatic heterocycles. The maximum Gasteiger partial charge on any atom is 0.0725 e. The summed E-state index contributed by atoms with van der Waals surface area (Å²) in [6.45, 7) is 1.97. The summed E-state index contributed by atoms with van der Waals surface area (Å²) in [5.74, 6) is 5.64. The number of nitrogens with one attached hydrogen (secondary N) is 1. The van der Waals surface area contributed by atoms with Gasteiger partial charge in [0.15, 0.2) is 0 Å². The van der Waals surface area contributed by atoms with E-state index >= 15 is 0 Å². The Morgan fingerprint density at radius 3 is 2.65 bits per heavy atom. The molecule has 1 unspecified atom stereocenters. The first kappa shape index (κ1) is 12.5. The highest BCUT2D eigenvalue weighted by Crippen LogP contribution is 2.22. The highest BCUT2D eigenvalue weighted by atomic mass is 127. The highest BCUT2D eigenvalue weighted by Gasteiger charge is 2.12. The second-order valence-corrected chi connectivity index (χ2v) is 5.13. The zero-order chi connectivity index (χ0) is 12.3. The average Bonchev–Trinajstić information content (AvgIpc) is 2.33. The lowest BCUT2D eigenvalue weighted by Crippen LogP contribution is -2.29. The fraction of sp³-hybridized carbons (Fsp3) is 0.154. The molecule has 1 heterocycles. The molecule has 0 saturated carbocycles. The Balaban J connectivity index is 2.36. The molecule has 0 radical (unpaired) electrons. The van der Waals surface area contributed by atoms with E-state index in [4.69, 9.17) is 5.84 Å². The number of rotatable bonds is 3. The molecule has 0 spiro atoms. The van der Waals surface area contributed by atoms with E-state index in [1.54, 1.807) is 0 Å². The third kappa shape index (κ3) is 3.02. The molecule has 0 aliphatic carbocycles. The predicted molar refractivity (Wildman–Crippen MR) is 77.3 cm³/mol. The van der Waals surface area contributed by atoms with Gasteiger partial charge in [0, 0.05) is 15.5 Å². The van der Waals surface area contributed by atoms with E-state index in [2.05, 4.69) is 51.2 Å². The van der Waals surface area contributed by atoms with Gasteiger partial charge in [-0.1, -0.05) is 18.2 Å². The number of aryl methyl sites for hydroxylation is 1. The molecule has 3 nitrogen and oxygen atoms in total. The number of hydrogen-bond donors (Lipinski definition) is 2. The smallest absolute Gasteiger partial charge is 0.0725 e. The summed E-state index contributed by atoms with van der Waals surface area (Å²) in [5.41, 5.74) is 6.06. The first-order chi connectivity index (χ1) is 8.20. The van der Waals surface area contributed by atoms with Crippen LogP contribution >= 0.6 is 22.6 Å². The molecule has 4 heteroatoms. The van der Waals surface area contributed by atoms with Crippen LogP contribution in [0, 0.1) is 10.5 Å². The van der Waals surface area contributed by atoms with Gasteiger partial charge in [-0.2, -0.15) is 0 Å². The number of pyridine rings is 1. The molecule has 1 atom stereocenters. The van der Waals surface area contributed by atoms with Crippen LogP contribution in [0.2, 0.25) is 0 Å². The van der Waals surface area contributed by atoms with Gasteiger partial charge < -0.3 is 0 Å². The molecule has 0 aliphatic rings. The summed E-state index contributed by atoms with van der Waals surface area (Å²) in [4.78, 5) is 4.30. The Kier molecular flexibility index (Phi) is 4.09. The first-order valence-electron chi connectivity index (χ1n) is 5.35. The van der Waals surface area contributed by atoms with E-state index < -0.39 is 0 Å². The van der Waals surface area contributed by atoms with Crippen molar-refractivity contribution in [3.63, 3.8) is 0 Å². The topological polar surface area (TPSA) is 50.9 Å². The Morgan fingerprint density at radius 2 is 2.06 bits per heavy atom. The van der Waals surface area contributed by atoms with Crippen molar-refractivity contribution in [2.24, 2.45) is 5.84 Å². The Morgan fingerprint density at radius 1 is 1.24 bits per heavy atom. The molecule has 0 aliphatic heterocycles. The van der Waals surface area contributed by atoms with E-state index in [0.29, 0.717) is 0 Å². The van der Waals surface area contributed by atoms with Crippen LogP contribution in [0.4, 0.5) is 0 Å². The van der Waals surface area contributed by atoms with Gasteiger partial charge in [-0.25, -0.2) is 5.43 Å². The molecule has 0 bridgehead atoms. The minimum Gasteiger partial charge on any atom is -0.271 e. The number of benzene rings is 1. The van der Waals surface area contributed by atoms with Gasteiger partial charge in [0.1, 0.15) is 0 Å². The second kappa shape index (κ2) is 5.57. The van der Waals surface area contributed by atoms with Crippen molar-refractivity contribution in [2.75, 3.05) is 0 Å². The fourth-order valence-corrected chi connectivity index (χ4v) is 2.29. The number of nitrogens with two attached hydrogens (primary N) is 1. The number of hydrogen-bond acceptors (Lipinski definition) is 3. The van der Waals surface area contributed by atoms with Crippen molar-refractivity contribution >= 4 is 22.6 Å². The van der Waals surface area contributed by atoms with Crippen LogP contribution in [0.5, 0.6) is 0 Å². The number of halogens is 1. The van der Waals surface area contributed by atoms with Crippen molar-refractivity contribution in [3.8, 4) is 0 Å². The zero-order valence-corrected chi connectivity index (χ0v) is 11.7. The van der Waals surface area contributed by atoms with Gasteiger partial charge in [0.05, 0.1) is 6.04 Å². The van der Waals surface area contributed by atoms with Crippen LogP contribution in [0.15, 0.2) is 42.6 Å². The number of hydrazine groups is 1. The van der Waals surface area contributed by atoms with Gasteiger partial charge in [-0.15, -0.1) is 0 Å². The van der Waals surface area contributed by atoms with Gasteiger partial charge >= 0.3 is 0 Å². The largest absolute Gasteiger partial charge is 0.271 e. The summed E-state index contributed by atoms with van der Waals surface area (Å²) in [6, 6.07) is 12.3. The number of aromatic nitrogens is 1. The average molecular weight is 339 g/mol. The quantitative estimate of drug-likeness (QED) is 0.513. The predicted octanol–water partition coefficient (Wildman–Crippen LogP) is 2.55. The fourth-order valence-electron chi connectivity index (χ4n) is 1.72. The van der Waals surface area contributed by atoms with Gasteiger partial charge in [0.25, 0.3) is 0 Å². The Hall–Kier alpha value is -0.980. The summed E-state index contributed by atoms with van der Waals surface area (Å²) in [5, 5.41) is 0. The van der Waals surface area contributed by atoms with Crippen LogP contribution in [0.1, 0.15) is 22.9 Å². The summed E-state index contributed by atoms with van der Waals surface area (Å²) in [7, 11) is 0. The van der Waals surface area contributed by atoms with Crippen LogP contribution < -0.4 is 11.3 Å². The lowest BCUT2D eigenvalue weighted by atomic mass is 10.0. The summed E-state index contributed by atoms with van der Waals surface area (Å²) >= 11 is 2.30. The third-order valence-electron chi connectivity index (χ3n) is 2.62.